The third kappa shape index (κ3) is 2.46. The fraction of sp³-hybridized carbons (Fsp3) is 0.400. The van der Waals surface area contributed by atoms with Gasteiger partial charge in [0.05, 0.1) is 13.2 Å². The second-order valence-corrected chi connectivity index (χ2v) is 4.42. The molecule has 1 aromatic rings. The highest BCUT2D eigenvalue weighted by Crippen LogP contribution is 2.51. The third-order valence-corrected chi connectivity index (χ3v) is 3.24. The first-order valence-electron chi connectivity index (χ1n) is 6.17. The average Bonchev–Trinajstić information content (AvgIpc) is 3.12. The smallest absolute Gasteiger partial charge is 0.318 e. The molecule has 0 spiro atoms. The van der Waals surface area contributed by atoms with Crippen LogP contribution in [-0.4, -0.2) is 25.8 Å². The molecule has 3 nitrogen and oxygen atoms in total. The predicted octanol–water partition coefficient (Wildman–Crippen LogP) is 2.67. The lowest BCUT2D eigenvalue weighted by molar-refractivity contribution is -0.146. The van der Waals surface area contributed by atoms with Gasteiger partial charge < -0.3 is 9.47 Å². The molecule has 3 heteroatoms. The van der Waals surface area contributed by atoms with Gasteiger partial charge in [0.1, 0.15) is 5.41 Å². The lowest BCUT2D eigenvalue weighted by Crippen LogP contribution is -2.20. The number of methoxy groups -OCH3 is 1. The lowest BCUT2D eigenvalue weighted by Gasteiger charge is -2.10. The number of carbonyl (C=O) groups excluding carboxylic acids is 1. The van der Waals surface area contributed by atoms with Gasteiger partial charge in [-0.3, -0.25) is 4.79 Å². The largest absolute Gasteiger partial charge is 0.468 e. The summed E-state index contributed by atoms with van der Waals surface area (Å²) in [6, 6.07) is 9.90. The second-order valence-electron chi connectivity index (χ2n) is 4.42. The zero-order valence-corrected chi connectivity index (χ0v) is 10.8. The monoisotopic (exact) mass is 246 g/mol. The van der Waals surface area contributed by atoms with Gasteiger partial charge in [0.15, 0.2) is 0 Å². The minimum absolute atomic E-state index is 0.0464. The lowest BCUT2D eigenvalue weighted by atomic mass is 10.0. The molecule has 1 saturated carbocycles. The molecule has 2 atom stereocenters. The van der Waals surface area contributed by atoms with Gasteiger partial charge in [-0.15, -0.1) is 0 Å². The summed E-state index contributed by atoms with van der Waals surface area (Å²) in [5, 5.41) is 0. The maximum Gasteiger partial charge on any atom is 0.318 e. The van der Waals surface area contributed by atoms with E-state index in [-0.39, 0.29) is 12.1 Å². The molecule has 1 aliphatic rings. The molecule has 1 fully saturated rings. The molecular formula is C15H18O3. The number of hydrogen-bond acceptors (Lipinski definition) is 3. The molecule has 0 unspecified atom stereocenters. The van der Waals surface area contributed by atoms with E-state index in [0.29, 0.717) is 13.0 Å². The fourth-order valence-electron chi connectivity index (χ4n) is 2.11. The van der Waals surface area contributed by atoms with Gasteiger partial charge in [-0.2, -0.15) is 0 Å². The molecule has 18 heavy (non-hydrogen) atoms. The molecule has 0 N–H and O–H groups in total. The molecule has 0 amide bonds. The van der Waals surface area contributed by atoms with Gasteiger partial charge in [0, 0.05) is 6.61 Å². The van der Waals surface area contributed by atoms with Crippen molar-refractivity contribution >= 4 is 12.0 Å². The first kappa shape index (κ1) is 12.8. The quantitative estimate of drug-likeness (QED) is 0.749. The highest BCUT2D eigenvalue weighted by molar-refractivity contribution is 5.85. The maximum atomic E-state index is 11.8. The second kappa shape index (κ2) is 5.36. The molecule has 0 aliphatic heterocycles. The molecule has 0 aromatic heterocycles. The number of hydrogen-bond donors (Lipinski definition) is 0. The van der Waals surface area contributed by atoms with Crippen molar-refractivity contribution in [3.63, 3.8) is 0 Å². The van der Waals surface area contributed by atoms with Gasteiger partial charge in [-0.1, -0.05) is 42.5 Å². The van der Waals surface area contributed by atoms with Crippen molar-refractivity contribution in [2.75, 3.05) is 13.7 Å². The number of benzene rings is 1. The van der Waals surface area contributed by atoms with Crippen LogP contribution < -0.4 is 0 Å². The van der Waals surface area contributed by atoms with Crippen molar-refractivity contribution in [2.24, 2.45) is 5.41 Å². The minimum atomic E-state index is -0.583. The van der Waals surface area contributed by atoms with Crippen LogP contribution in [0, 0.1) is 5.41 Å². The Morgan fingerprint density at radius 2 is 2.17 bits per heavy atom. The summed E-state index contributed by atoms with van der Waals surface area (Å²) >= 11 is 0. The summed E-state index contributed by atoms with van der Waals surface area (Å²) in [6.07, 6.45) is 4.52. The van der Waals surface area contributed by atoms with Crippen molar-refractivity contribution in [3.05, 3.63) is 42.0 Å². The number of ether oxygens (including phenoxy) is 2. The molecule has 0 radical (unpaired) electrons. The number of rotatable bonds is 5. The molecule has 1 aliphatic carbocycles. The van der Waals surface area contributed by atoms with E-state index in [0.717, 1.165) is 5.56 Å². The topological polar surface area (TPSA) is 35.5 Å². The normalized spacial score (nSPS) is 26.2. The maximum absolute atomic E-state index is 11.8. The Balaban J connectivity index is 2.13. The van der Waals surface area contributed by atoms with Crippen molar-refractivity contribution < 1.29 is 14.3 Å². The van der Waals surface area contributed by atoms with Crippen LogP contribution in [-0.2, 0) is 14.3 Å². The Kier molecular flexibility index (Phi) is 3.82. The fourth-order valence-corrected chi connectivity index (χ4v) is 2.11. The Hall–Kier alpha value is -1.61. The van der Waals surface area contributed by atoms with Gasteiger partial charge >= 0.3 is 5.97 Å². The zero-order chi connectivity index (χ0) is 13.0. The Morgan fingerprint density at radius 3 is 2.78 bits per heavy atom. The highest BCUT2D eigenvalue weighted by atomic mass is 16.5. The SMILES string of the molecule is CCO[C@H]1C[C@]1(/C=C/c1ccccc1)C(=O)OC. The molecule has 96 valence electrons. The summed E-state index contributed by atoms with van der Waals surface area (Å²) < 4.78 is 10.4. The molecule has 1 aromatic carbocycles. The Bertz CT molecular complexity index is 438. The van der Waals surface area contributed by atoms with Crippen LogP contribution in [0.1, 0.15) is 18.9 Å². The van der Waals surface area contributed by atoms with E-state index in [4.69, 9.17) is 9.47 Å². The average molecular weight is 246 g/mol. The van der Waals surface area contributed by atoms with Gasteiger partial charge in [0.2, 0.25) is 0 Å². The van der Waals surface area contributed by atoms with Crippen LogP contribution in [0.4, 0.5) is 0 Å². The summed E-state index contributed by atoms with van der Waals surface area (Å²) in [5.41, 5.74) is 0.489. The first-order chi connectivity index (χ1) is 8.73. The van der Waals surface area contributed by atoms with E-state index < -0.39 is 5.41 Å². The van der Waals surface area contributed by atoms with Crippen LogP contribution in [0.3, 0.4) is 0 Å². The summed E-state index contributed by atoms with van der Waals surface area (Å²) in [4.78, 5) is 11.8. The van der Waals surface area contributed by atoms with Crippen LogP contribution in [0.2, 0.25) is 0 Å². The Morgan fingerprint density at radius 1 is 1.44 bits per heavy atom. The minimum Gasteiger partial charge on any atom is -0.468 e. The first-order valence-corrected chi connectivity index (χ1v) is 6.17. The predicted molar refractivity (Wildman–Crippen MR) is 70.0 cm³/mol. The van der Waals surface area contributed by atoms with E-state index in [1.807, 2.05) is 49.4 Å². The van der Waals surface area contributed by atoms with Gasteiger partial charge in [0.25, 0.3) is 0 Å². The number of carbonyl (C=O) groups is 1. The summed E-state index contributed by atoms with van der Waals surface area (Å²) in [6.45, 7) is 2.55. The highest BCUT2D eigenvalue weighted by Gasteiger charge is 2.60. The van der Waals surface area contributed by atoms with E-state index >= 15 is 0 Å². The van der Waals surface area contributed by atoms with E-state index in [1.54, 1.807) is 0 Å². The summed E-state index contributed by atoms with van der Waals surface area (Å²) in [5.74, 6) is -0.215. The zero-order valence-electron chi connectivity index (χ0n) is 10.8. The van der Waals surface area contributed by atoms with Crippen LogP contribution in [0.25, 0.3) is 6.08 Å². The summed E-state index contributed by atoms with van der Waals surface area (Å²) in [7, 11) is 1.42. The van der Waals surface area contributed by atoms with Crippen molar-refractivity contribution in [1.82, 2.24) is 0 Å². The molecule has 0 bridgehead atoms. The van der Waals surface area contributed by atoms with E-state index in [9.17, 15) is 4.79 Å². The van der Waals surface area contributed by atoms with Crippen LogP contribution in [0.5, 0.6) is 0 Å². The van der Waals surface area contributed by atoms with Crippen molar-refractivity contribution in [3.8, 4) is 0 Å². The van der Waals surface area contributed by atoms with Crippen molar-refractivity contribution in [1.29, 1.82) is 0 Å². The van der Waals surface area contributed by atoms with Crippen LogP contribution >= 0.6 is 0 Å². The molecule has 2 rings (SSSR count). The van der Waals surface area contributed by atoms with Gasteiger partial charge in [-0.05, 0) is 18.9 Å². The molecule has 0 heterocycles. The molecule has 0 saturated heterocycles. The van der Waals surface area contributed by atoms with E-state index in [2.05, 4.69) is 0 Å². The Labute approximate surface area is 107 Å². The van der Waals surface area contributed by atoms with Gasteiger partial charge in [-0.25, -0.2) is 0 Å². The van der Waals surface area contributed by atoms with E-state index in [1.165, 1.54) is 7.11 Å². The van der Waals surface area contributed by atoms with Crippen LogP contribution in [0.15, 0.2) is 36.4 Å². The molecular weight excluding hydrogens is 228 g/mol. The number of esters is 1. The standard InChI is InChI=1S/C15H18O3/c1-3-18-13-11-15(13,14(16)17-2)10-9-12-7-5-4-6-8-12/h4-10,13H,3,11H2,1-2H3/b10-9+/t13-,15-/m0/s1. The third-order valence-electron chi connectivity index (χ3n) is 3.24. The van der Waals surface area contributed by atoms with Crippen molar-refractivity contribution in [2.45, 2.75) is 19.4 Å².